The van der Waals surface area contributed by atoms with Crippen molar-refractivity contribution >= 4 is 26.0 Å². The third-order valence-corrected chi connectivity index (χ3v) is 11.0. The normalized spacial score (nSPS) is 12.8. The van der Waals surface area contributed by atoms with Gasteiger partial charge in [0.25, 0.3) is 0 Å². The highest BCUT2D eigenvalue weighted by Gasteiger charge is 2.34. The van der Waals surface area contributed by atoms with Crippen molar-refractivity contribution in [3.63, 3.8) is 0 Å². The summed E-state index contributed by atoms with van der Waals surface area (Å²) in [5.41, 5.74) is 5.03. The van der Waals surface area contributed by atoms with Gasteiger partial charge >= 0.3 is 12.1 Å². The van der Waals surface area contributed by atoms with E-state index in [1.54, 1.807) is 0 Å². The van der Waals surface area contributed by atoms with Crippen LogP contribution in [0.1, 0.15) is 38.3 Å². The standard InChI is InChI=1S/C29H38N2O5Si/c1-29(2,3)37(5,6)19-13-18-24(27(33)35-4)30-26(32)25(20-22-14-9-7-10-15-22)31-28(34)36-21-23-16-11-8-12-17-23/h7-12,14-17,24-25H,18,20-21H2,1-6H3,(H,30,32)(H,31,34)/t24-,25-/m1/s1. The van der Waals surface area contributed by atoms with E-state index in [4.69, 9.17) is 9.47 Å². The van der Waals surface area contributed by atoms with Gasteiger partial charge in [-0.3, -0.25) is 4.79 Å². The predicted molar refractivity (Wildman–Crippen MR) is 147 cm³/mol. The minimum Gasteiger partial charge on any atom is -0.467 e. The summed E-state index contributed by atoms with van der Waals surface area (Å²) in [6, 6.07) is 16.6. The van der Waals surface area contributed by atoms with Crippen LogP contribution in [0.25, 0.3) is 0 Å². The molecule has 2 atom stereocenters. The molecule has 2 rings (SSSR count). The number of rotatable bonds is 9. The Morgan fingerprint density at radius 3 is 2.00 bits per heavy atom. The maximum absolute atomic E-state index is 13.3. The summed E-state index contributed by atoms with van der Waals surface area (Å²) in [5.74, 6) is 1.99. The molecule has 2 aromatic carbocycles. The lowest BCUT2D eigenvalue weighted by Gasteiger charge is -2.31. The summed E-state index contributed by atoms with van der Waals surface area (Å²) in [7, 11) is -0.621. The Morgan fingerprint density at radius 1 is 0.892 bits per heavy atom. The first-order valence-electron chi connectivity index (χ1n) is 12.3. The van der Waals surface area contributed by atoms with Crippen LogP contribution in [-0.4, -0.2) is 45.2 Å². The van der Waals surface area contributed by atoms with Crippen LogP contribution in [0.4, 0.5) is 4.79 Å². The summed E-state index contributed by atoms with van der Waals surface area (Å²) < 4.78 is 10.2. The molecular formula is C29H38N2O5Si. The molecule has 2 N–H and O–H groups in total. The molecule has 0 saturated carbocycles. The van der Waals surface area contributed by atoms with Gasteiger partial charge in [-0.15, -0.1) is 11.5 Å². The van der Waals surface area contributed by atoms with Gasteiger partial charge in [-0.25, -0.2) is 9.59 Å². The van der Waals surface area contributed by atoms with Crippen molar-refractivity contribution in [3.05, 3.63) is 71.8 Å². The number of ether oxygens (including phenoxy) is 2. The molecule has 0 heterocycles. The lowest BCUT2D eigenvalue weighted by molar-refractivity contribution is -0.145. The quantitative estimate of drug-likeness (QED) is 0.285. The molecular weight excluding hydrogens is 484 g/mol. The summed E-state index contributed by atoms with van der Waals surface area (Å²) in [4.78, 5) is 38.3. The number of hydrogen-bond acceptors (Lipinski definition) is 5. The van der Waals surface area contributed by atoms with Crippen molar-refractivity contribution in [1.29, 1.82) is 0 Å². The minimum absolute atomic E-state index is 0.0643. The largest absolute Gasteiger partial charge is 0.467 e. The Bertz CT molecular complexity index is 1100. The number of esters is 1. The Morgan fingerprint density at radius 2 is 1.46 bits per heavy atom. The highest BCUT2D eigenvalue weighted by atomic mass is 28.3. The van der Waals surface area contributed by atoms with Gasteiger partial charge in [0.1, 0.15) is 26.8 Å². The third kappa shape index (κ3) is 9.77. The average molecular weight is 523 g/mol. The second-order valence-corrected chi connectivity index (χ2v) is 15.4. The number of benzene rings is 2. The highest BCUT2D eigenvalue weighted by Crippen LogP contribution is 2.35. The summed E-state index contributed by atoms with van der Waals surface area (Å²) in [5, 5.41) is 5.43. The van der Waals surface area contributed by atoms with E-state index in [9.17, 15) is 14.4 Å². The first-order chi connectivity index (χ1) is 17.4. The van der Waals surface area contributed by atoms with Crippen molar-refractivity contribution in [2.75, 3.05) is 7.11 Å². The Hall–Kier alpha value is -3.57. The van der Waals surface area contributed by atoms with Crippen LogP contribution in [0.15, 0.2) is 60.7 Å². The minimum atomic E-state index is -1.89. The Labute approximate surface area is 221 Å². The maximum Gasteiger partial charge on any atom is 0.408 e. The molecule has 0 spiro atoms. The molecule has 0 aliphatic heterocycles. The van der Waals surface area contributed by atoms with Crippen molar-refractivity contribution < 1.29 is 23.9 Å². The van der Waals surface area contributed by atoms with Gasteiger partial charge in [0.15, 0.2) is 0 Å². The lowest BCUT2D eigenvalue weighted by Crippen LogP contribution is -2.52. The lowest BCUT2D eigenvalue weighted by atomic mass is 10.0. The first kappa shape index (κ1) is 29.7. The molecule has 2 aromatic rings. The molecule has 0 aliphatic carbocycles. The second-order valence-electron chi connectivity index (χ2n) is 10.4. The molecule has 8 heteroatoms. The Kier molecular flexibility index (Phi) is 10.9. The fourth-order valence-electron chi connectivity index (χ4n) is 3.14. The topological polar surface area (TPSA) is 93.7 Å². The van der Waals surface area contributed by atoms with Gasteiger partial charge in [-0.1, -0.05) is 94.5 Å². The number of carbonyl (C=O) groups is 3. The molecule has 0 unspecified atom stereocenters. The van der Waals surface area contributed by atoms with E-state index < -0.39 is 38.1 Å². The van der Waals surface area contributed by atoms with E-state index in [2.05, 4.69) is 56.0 Å². The van der Waals surface area contributed by atoms with Crippen LogP contribution in [0.3, 0.4) is 0 Å². The molecule has 198 valence electrons. The van der Waals surface area contributed by atoms with Gasteiger partial charge in [-0.05, 0) is 16.2 Å². The molecule has 37 heavy (non-hydrogen) atoms. The SMILES string of the molecule is COC(=O)[C@@H](CC#C[Si](C)(C)C(C)(C)C)NC(=O)[C@@H](Cc1ccccc1)NC(=O)OCc1ccccc1. The monoisotopic (exact) mass is 522 g/mol. The van der Waals surface area contributed by atoms with E-state index >= 15 is 0 Å². The molecule has 0 saturated heterocycles. The van der Waals surface area contributed by atoms with Gasteiger partial charge in [-0.2, -0.15) is 0 Å². The fraction of sp³-hybridized carbons (Fsp3) is 0.414. The van der Waals surface area contributed by atoms with Crippen molar-refractivity contribution in [2.45, 2.75) is 70.4 Å². The predicted octanol–water partition coefficient (Wildman–Crippen LogP) is 4.62. The number of methoxy groups -OCH3 is 1. The van der Waals surface area contributed by atoms with Crippen molar-refractivity contribution in [1.82, 2.24) is 10.6 Å². The van der Waals surface area contributed by atoms with Gasteiger partial charge < -0.3 is 20.1 Å². The molecule has 0 aromatic heterocycles. The van der Waals surface area contributed by atoms with E-state index in [0.717, 1.165) is 11.1 Å². The van der Waals surface area contributed by atoms with Crippen LogP contribution in [0.2, 0.25) is 18.1 Å². The zero-order valence-corrected chi connectivity index (χ0v) is 23.6. The summed E-state index contributed by atoms with van der Waals surface area (Å²) in [6.07, 6.45) is -0.398. The van der Waals surface area contributed by atoms with Crippen LogP contribution in [0.5, 0.6) is 0 Å². The fourth-order valence-corrected chi connectivity index (χ4v) is 4.05. The number of amides is 2. The third-order valence-electron chi connectivity index (χ3n) is 6.49. The van der Waals surface area contributed by atoms with E-state index in [0.29, 0.717) is 0 Å². The van der Waals surface area contributed by atoms with E-state index in [1.807, 2.05) is 60.7 Å². The number of carbonyl (C=O) groups excluding carboxylic acids is 3. The smallest absolute Gasteiger partial charge is 0.408 e. The summed E-state index contributed by atoms with van der Waals surface area (Å²) in [6.45, 7) is 10.9. The number of hydrogen-bond donors (Lipinski definition) is 2. The van der Waals surface area contributed by atoms with Crippen LogP contribution >= 0.6 is 0 Å². The van der Waals surface area contributed by atoms with Crippen LogP contribution in [-0.2, 0) is 32.1 Å². The van der Waals surface area contributed by atoms with Gasteiger partial charge in [0, 0.05) is 12.8 Å². The first-order valence-corrected chi connectivity index (χ1v) is 15.3. The second kappa shape index (κ2) is 13.7. The van der Waals surface area contributed by atoms with Crippen LogP contribution < -0.4 is 10.6 Å². The van der Waals surface area contributed by atoms with Gasteiger partial charge in [0.05, 0.1) is 7.11 Å². The molecule has 0 radical (unpaired) electrons. The molecule has 7 nitrogen and oxygen atoms in total. The number of alkyl carbamates (subject to hydrolysis) is 1. The maximum atomic E-state index is 13.3. The zero-order valence-electron chi connectivity index (χ0n) is 22.6. The van der Waals surface area contributed by atoms with E-state index in [1.165, 1.54) is 7.11 Å². The Balaban J connectivity index is 2.15. The molecule has 0 fully saturated rings. The number of nitrogens with one attached hydrogen (secondary N) is 2. The molecule has 0 aliphatic rings. The molecule has 2 amide bonds. The van der Waals surface area contributed by atoms with Crippen molar-refractivity contribution in [2.24, 2.45) is 0 Å². The van der Waals surface area contributed by atoms with E-state index in [-0.39, 0.29) is 24.5 Å². The zero-order chi connectivity index (χ0) is 27.5. The molecule has 0 bridgehead atoms. The summed E-state index contributed by atoms with van der Waals surface area (Å²) >= 11 is 0. The van der Waals surface area contributed by atoms with Gasteiger partial charge in [0.2, 0.25) is 5.91 Å². The van der Waals surface area contributed by atoms with Crippen molar-refractivity contribution in [3.8, 4) is 11.5 Å². The highest BCUT2D eigenvalue weighted by molar-refractivity contribution is 6.87. The van der Waals surface area contributed by atoms with Crippen LogP contribution in [0, 0.1) is 11.5 Å². The average Bonchev–Trinajstić information content (AvgIpc) is 2.86.